The first kappa shape index (κ1) is 19.9. The van der Waals surface area contributed by atoms with Crippen LogP contribution in [0.25, 0.3) is 0 Å². The van der Waals surface area contributed by atoms with E-state index < -0.39 is 24.5 Å². The lowest BCUT2D eigenvalue weighted by molar-refractivity contribution is -0.123. The van der Waals surface area contributed by atoms with E-state index in [1.807, 2.05) is 24.4 Å². The molecule has 0 spiro atoms. The number of nitrogens with zero attached hydrogens (tertiary/aromatic N) is 1. The van der Waals surface area contributed by atoms with Gasteiger partial charge in [-0.1, -0.05) is 30.0 Å². The number of nitrogens with one attached hydrogen (secondary N) is 2. The highest BCUT2D eigenvalue weighted by atomic mass is 32.2. The molecule has 1 aromatic carbocycles. The number of esters is 1. The lowest BCUT2D eigenvalue weighted by Gasteiger charge is -2.09. The lowest BCUT2D eigenvalue weighted by atomic mass is 10.1. The fraction of sp³-hybridized carbons (Fsp3) is 0.294. The maximum Gasteiger partial charge on any atom is 0.338 e. The van der Waals surface area contributed by atoms with Gasteiger partial charge in [0.1, 0.15) is 4.34 Å². The molecule has 7 nitrogen and oxygen atoms in total. The number of hydrogen-bond acceptors (Lipinski definition) is 7. The van der Waals surface area contributed by atoms with Gasteiger partial charge in [-0.15, -0.1) is 11.3 Å². The van der Waals surface area contributed by atoms with Gasteiger partial charge in [0.15, 0.2) is 6.61 Å². The van der Waals surface area contributed by atoms with Crippen LogP contribution in [0, 0.1) is 6.92 Å². The number of urea groups is 1. The first-order chi connectivity index (χ1) is 12.5. The maximum atomic E-state index is 12.3. The molecule has 2 rings (SSSR count). The predicted octanol–water partition coefficient (Wildman–Crippen LogP) is 2.75. The smallest absolute Gasteiger partial charge is 0.338 e. The number of rotatable bonds is 7. The average Bonchev–Trinajstić information content (AvgIpc) is 3.03. The fourth-order valence-corrected chi connectivity index (χ4v) is 3.81. The molecule has 0 radical (unpaired) electrons. The van der Waals surface area contributed by atoms with Gasteiger partial charge in [-0.2, -0.15) is 0 Å². The van der Waals surface area contributed by atoms with Crippen molar-refractivity contribution in [1.29, 1.82) is 0 Å². The van der Waals surface area contributed by atoms with E-state index in [1.165, 1.54) is 11.8 Å². The number of carbonyl (C=O) groups is 3. The third-order valence-corrected chi connectivity index (χ3v) is 5.30. The highest BCUT2D eigenvalue weighted by Gasteiger charge is 2.15. The van der Waals surface area contributed by atoms with Gasteiger partial charge in [0.25, 0.3) is 5.91 Å². The van der Waals surface area contributed by atoms with Crippen molar-refractivity contribution in [2.75, 3.05) is 13.2 Å². The Morgan fingerprint density at radius 1 is 1.27 bits per heavy atom. The zero-order valence-electron chi connectivity index (χ0n) is 14.4. The fourth-order valence-electron chi connectivity index (χ4n) is 1.96. The van der Waals surface area contributed by atoms with Gasteiger partial charge in [-0.3, -0.25) is 10.1 Å². The zero-order valence-corrected chi connectivity index (χ0v) is 16.0. The van der Waals surface area contributed by atoms with E-state index in [0.717, 1.165) is 15.6 Å². The van der Waals surface area contributed by atoms with Crippen LogP contribution in [0.5, 0.6) is 0 Å². The molecule has 0 aliphatic rings. The molecule has 0 saturated carbocycles. The van der Waals surface area contributed by atoms with E-state index in [0.29, 0.717) is 17.9 Å². The molecule has 9 heteroatoms. The first-order valence-corrected chi connectivity index (χ1v) is 9.73. The Balaban J connectivity index is 1.92. The number of benzene rings is 1. The van der Waals surface area contributed by atoms with Gasteiger partial charge >= 0.3 is 12.0 Å². The Morgan fingerprint density at radius 2 is 2.04 bits per heavy atom. The number of aromatic nitrogens is 1. The number of hydrogen-bond donors (Lipinski definition) is 2. The zero-order chi connectivity index (χ0) is 18.9. The normalized spacial score (nSPS) is 10.2. The van der Waals surface area contributed by atoms with Crippen LogP contribution >= 0.6 is 23.1 Å². The van der Waals surface area contributed by atoms with E-state index in [4.69, 9.17) is 4.74 Å². The summed E-state index contributed by atoms with van der Waals surface area (Å²) >= 11 is 3.08. The standard InChI is InChI=1S/C17H19N3O4S2/c1-3-18-16(23)20-14(21)8-24-15(22)13-7-5-4-6-12(13)10-26-17-19-11(2)9-25-17/h4-7,9H,3,8,10H2,1-2H3,(H2,18,20,21,23). The minimum atomic E-state index is -0.686. The SMILES string of the molecule is CCNC(=O)NC(=O)COC(=O)c1ccccc1CSc1nc(C)cs1. The van der Waals surface area contributed by atoms with Crippen molar-refractivity contribution in [2.24, 2.45) is 0 Å². The van der Waals surface area contributed by atoms with Crippen LogP contribution in [0.15, 0.2) is 34.0 Å². The van der Waals surface area contributed by atoms with Gasteiger partial charge < -0.3 is 10.1 Å². The number of amides is 3. The van der Waals surface area contributed by atoms with Crippen LogP contribution in [-0.4, -0.2) is 36.0 Å². The number of imide groups is 1. The molecule has 2 aromatic rings. The number of ether oxygens (including phenoxy) is 1. The van der Waals surface area contributed by atoms with Crippen molar-refractivity contribution in [3.8, 4) is 0 Å². The topological polar surface area (TPSA) is 97.4 Å². The van der Waals surface area contributed by atoms with Crippen molar-refractivity contribution < 1.29 is 19.1 Å². The Bertz CT molecular complexity index is 792. The Hall–Kier alpha value is -2.39. The largest absolute Gasteiger partial charge is 0.452 e. The molecular formula is C17H19N3O4S2. The van der Waals surface area contributed by atoms with Crippen LogP contribution in [0.4, 0.5) is 4.79 Å². The van der Waals surface area contributed by atoms with Gasteiger partial charge in [0.05, 0.1) is 5.56 Å². The van der Waals surface area contributed by atoms with Crippen LogP contribution in [0.3, 0.4) is 0 Å². The van der Waals surface area contributed by atoms with Crippen molar-refractivity contribution in [2.45, 2.75) is 23.9 Å². The van der Waals surface area contributed by atoms with Crippen LogP contribution in [0.2, 0.25) is 0 Å². The van der Waals surface area contributed by atoms with Crippen molar-refractivity contribution >= 4 is 41.0 Å². The summed E-state index contributed by atoms with van der Waals surface area (Å²) in [6, 6.07) is 6.42. The van der Waals surface area contributed by atoms with E-state index in [-0.39, 0.29) is 0 Å². The second kappa shape index (κ2) is 9.93. The van der Waals surface area contributed by atoms with E-state index in [9.17, 15) is 14.4 Å². The molecule has 0 unspecified atom stereocenters. The maximum absolute atomic E-state index is 12.3. The monoisotopic (exact) mass is 393 g/mol. The summed E-state index contributed by atoms with van der Waals surface area (Å²) in [5.74, 6) is -0.736. The number of thiazole rings is 1. The summed E-state index contributed by atoms with van der Waals surface area (Å²) in [4.78, 5) is 39.5. The summed E-state index contributed by atoms with van der Waals surface area (Å²) in [5, 5.41) is 6.46. The molecule has 0 aliphatic heterocycles. The second-order valence-electron chi connectivity index (χ2n) is 5.18. The lowest BCUT2D eigenvalue weighted by Crippen LogP contribution is -2.41. The Morgan fingerprint density at radius 3 is 2.73 bits per heavy atom. The Labute approximate surface area is 159 Å². The van der Waals surface area contributed by atoms with Crippen molar-refractivity contribution in [1.82, 2.24) is 15.6 Å². The van der Waals surface area contributed by atoms with Gasteiger partial charge in [-0.05, 0) is 25.5 Å². The minimum absolute atomic E-state index is 0.388. The number of carbonyl (C=O) groups excluding carboxylic acids is 3. The van der Waals surface area contributed by atoms with Gasteiger partial charge in [0.2, 0.25) is 0 Å². The van der Waals surface area contributed by atoms with E-state index in [2.05, 4.69) is 15.6 Å². The molecule has 2 N–H and O–H groups in total. The molecule has 1 heterocycles. The summed E-state index contributed by atoms with van der Waals surface area (Å²) in [5.41, 5.74) is 2.14. The third-order valence-electron chi connectivity index (χ3n) is 3.11. The summed E-state index contributed by atoms with van der Waals surface area (Å²) < 4.78 is 5.94. The van der Waals surface area contributed by atoms with E-state index in [1.54, 1.807) is 30.4 Å². The summed E-state index contributed by atoms with van der Waals surface area (Å²) in [6.45, 7) is 3.52. The molecule has 26 heavy (non-hydrogen) atoms. The third kappa shape index (κ3) is 6.16. The highest BCUT2D eigenvalue weighted by Crippen LogP contribution is 2.27. The number of thioether (sulfide) groups is 1. The molecule has 138 valence electrons. The highest BCUT2D eigenvalue weighted by molar-refractivity contribution is 8.00. The second-order valence-corrected chi connectivity index (χ2v) is 7.26. The first-order valence-electron chi connectivity index (χ1n) is 7.87. The van der Waals surface area contributed by atoms with Gasteiger partial charge in [0, 0.05) is 23.4 Å². The summed E-state index contributed by atoms with van der Waals surface area (Å²) in [7, 11) is 0. The molecule has 0 saturated heterocycles. The molecule has 3 amide bonds. The molecule has 0 aliphatic carbocycles. The van der Waals surface area contributed by atoms with Crippen molar-refractivity contribution in [3.05, 3.63) is 46.5 Å². The van der Waals surface area contributed by atoms with Crippen LogP contribution < -0.4 is 10.6 Å². The van der Waals surface area contributed by atoms with Gasteiger partial charge in [-0.25, -0.2) is 14.6 Å². The predicted molar refractivity (Wildman–Crippen MR) is 100 cm³/mol. The Kier molecular flexibility index (Phi) is 7.61. The summed E-state index contributed by atoms with van der Waals surface area (Å²) in [6.07, 6.45) is 0. The van der Waals surface area contributed by atoms with Crippen molar-refractivity contribution in [3.63, 3.8) is 0 Å². The molecule has 0 atom stereocenters. The quantitative estimate of drug-likeness (QED) is 0.555. The molecule has 1 aromatic heterocycles. The minimum Gasteiger partial charge on any atom is -0.452 e. The molecule has 0 bridgehead atoms. The van der Waals surface area contributed by atoms with E-state index >= 15 is 0 Å². The number of aryl methyl sites for hydroxylation is 1. The molecule has 0 fully saturated rings. The average molecular weight is 393 g/mol. The van der Waals surface area contributed by atoms with Crippen LogP contribution in [-0.2, 0) is 15.3 Å². The molecular weight excluding hydrogens is 374 g/mol. The van der Waals surface area contributed by atoms with Crippen LogP contribution in [0.1, 0.15) is 28.5 Å².